The minimum absolute atomic E-state index is 0.568. The molecular weight excluding hydrogens is 256 g/mol. The first-order chi connectivity index (χ1) is 9.21. The summed E-state index contributed by atoms with van der Waals surface area (Å²) >= 11 is 1.59. The summed E-state index contributed by atoms with van der Waals surface area (Å²) in [5, 5.41) is 7.73. The van der Waals surface area contributed by atoms with Gasteiger partial charge in [-0.05, 0) is 37.9 Å². The average Bonchev–Trinajstić information content (AvgIpc) is 2.81. The smallest absolute Gasteiger partial charge is 0.191 e. The molecule has 5 heteroatoms. The topological polar surface area (TPSA) is 49.8 Å². The minimum atomic E-state index is 0.568. The Morgan fingerprint density at radius 2 is 2.11 bits per heavy atom. The van der Waals surface area contributed by atoms with Crippen molar-refractivity contribution in [2.24, 2.45) is 5.92 Å². The van der Waals surface area contributed by atoms with E-state index in [2.05, 4.69) is 34.4 Å². The Bertz CT molecular complexity index is 410. The van der Waals surface area contributed by atoms with Gasteiger partial charge in [-0.2, -0.15) is 0 Å². The first-order valence-corrected chi connectivity index (χ1v) is 8.37. The predicted molar refractivity (Wildman–Crippen MR) is 83.0 cm³/mol. The summed E-state index contributed by atoms with van der Waals surface area (Å²) < 4.78 is 0. The van der Waals surface area contributed by atoms with E-state index in [0.717, 1.165) is 35.7 Å². The Balaban J connectivity index is 2.05. The van der Waals surface area contributed by atoms with Crippen molar-refractivity contribution in [3.05, 3.63) is 6.07 Å². The Hall–Kier alpha value is -0.970. The molecule has 1 aromatic heterocycles. The maximum Gasteiger partial charge on any atom is 0.191 e. The molecule has 0 amide bonds. The molecule has 2 atom stereocenters. The van der Waals surface area contributed by atoms with Gasteiger partial charge in [0, 0.05) is 18.7 Å². The monoisotopic (exact) mass is 280 g/mol. The third kappa shape index (κ3) is 4.27. The summed E-state index contributed by atoms with van der Waals surface area (Å²) in [6.07, 6.45) is 6.93. The van der Waals surface area contributed by atoms with Crippen LogP contribution < -0.4 is 10.6 Å². The molecule has 4 nitrogen and oxygen atoms in total. The van der Waals surface area contributed by atoms with Gasteiger partial charge < -0.3 is 10.6 Å². The van der Waals surface area contributed by atoms with Gasteiger partial charge in [0.25, 0.3) is 0 Å². The Morgan fingerprint density at radius 3 is 2.74 bits per heavy atom. The molecule has 1 saturated carbocycles. The third-order valence-electron chi connectivity index (χ3n) is 3.49. The van der Waals surface area contributed by atoms with E-state index in [-0.39, 0.29) is 0 Å². The number of rotatable bonds is 6. The summed E-state index contributed by atoms with van der Waals surface area (Å²) in [4.78, 5) is 9.03. The second kappa shape index (κ2) is 6.98. The van der Waals surface area contributed by atoms with Gasteiger partial charge in [-0.25, -0.2) is 9.97 Å². The number of nitrogens with zero attached hydrogens (tertiary/aromatic N) is 2. The summed E-state index contributed by atoms with van der Waals surface area (Å²) in [6, 6.07) is 2.59. The summed E-state index contributed by atoms with van der Waals surface area (Å²) in [6.45, 7) is 5.43. The molecule has 0 spiro atoms. The zero-order chi connectivity index (χ0) is 13.7. The van der Waals surface area contributed by atoms with Crippen molar-refractivity contribution in [1.29, 1.82) is 0 Å². The molecule has 1 aliphatic rings. The minimum Gasteiger partial charge on any atom is -0.370 e. The molecule has 1 heterocycles. The standard InChI is InChI=1S/C14H24N4S/c1-4-7-15-12-9-13(18-14(17-12)19-3)16-11-6-5-10(2)8-11/h9-11H,4-8H2,1-3H3,(H2,15,16,17,18). The lowest BCUT2D eigenvalue weighted by Crippen LogP contribution is -2.17. The van der Waals surface area contributed by atoms with Crippen LogP contribution in [0.1, 0.15) is 39.5 Å². The van der Waals surface area contributed by atoms with Gasteiger partial charge in [0.05, 0.1) is 0 Å². The molecule has 1 aromatic rings. The molecule has 0 aromatic carbocycles. The number of nitrogens with one attached hydrogen (secondary N) is 2. The molecular formula is C14H24N4S. The number of anilines is 2. The van der Waals surface area contributed by atoms with Crippen LogP contribution in [0.4, 0.5) is 11.6 Å². The van der Waals surface area contributed by atoms with Gasteiger partial charge in [0.1, 0.15) is 11.6 Å². The van der Waals surface area contributed by atoms with Crippen LogP contribution in [0, 0.1) is 5.92 Å². The molecule has 19 heavy (non-hydrogen) atoms. The van der Waals surface area contributed by atoms with E-state index in [1.807, 2.05) is 12.3 Å². The van der Waals surface area contributed by atoms with E-state index in [4.69, 9.17) is 0 Å². The highest BCUT2D eigenvalue weighted by Crippen LogP contribution is 2.28. The first-order valence-electron chi connectivity index (χ1n) is 7.14. The van der Waals surface area contributed by atoms with E-state index >= 15 is 0 Å². The number of aromatic nitrogens is 2. The maximum atomic E-state index is 4.55. The molecule has 0 aliphatic heterocycles. The van der Waals surface area contributed by atoms with Crippen molar-refractivity contribution < 1.29 is 0 Å². The summed E-state index contributed by atoms with van der Waals surface area (Å²) in [5.41, 5.74) is 0. The Labute approximate surface area is 120 Å². The van der Waals surface area contributed by atoms with Crippen molar-refractivity contribution in [1.82, 2.24) is 9.97 Å². The van der Waals surface area contributed by atoms with Crippen LogP contribution in [-0.4, -0.2) is 28.8 Å². The largest absolute Gasteiger partial charge is 0.370 e. The van der Waals surface area contributed by atoms with Gasteiger partial charge in [-0.15, -0.1) is 0 Å². The van der Waals surface area contributed by atoms with Crippen LogP contribution in [0.15, 0.2) is 11.2 Å². The molecule has 1 fully saturated rings. The van der Waals surface area contributed by atoms with E-state index in [0.29, 0.717) is 6.04 Å². The lowest BCUT2D eigenvalue weighted by molar-refractivity contribution is 0.602. The number of hydrogen-bond acceptors (Lipinski definition) is 5. The molecule has 106 valence electrons. The fourth-order valence-electron chi connectivity index (χ4n) is 2.48. The average molecular weight is 280 g/mol. The zero-order valence-electron chi connectivity index (χ0n) is 12.1. The molecule has 0 radical (unpaired) electrons. The lowest BCUT2D eigenvalue weighted by Gasteiger charge is -2.15. The van der Waals surface area contributed by atoms with Crippen molar-refractivity contribution in [3.63, 3.8) is 0 Å². The van der Waals surface area contributed by atoms with Crippen LogP contribution in [0.3, 0.4) is 0 Å². The Morgan fingerprint density at radius 1 is 1.32 bits per heavy atom. The fourth-order valence-corrected chi connectivity index (χ4v) is 2.86. The van der Waals surface area contributed by atoms with Crippen LogP contribution in [0.25, 0.3) is 0 Å². The second-order valence-electron chi connectivity index (χ2n) is 5.31. The van der Waals surface area contributed by atoms with Gasteiger partial charge in [0.15, 0.2) is 5.16 Å². The second-order valence-corrected chi connectivity index (χ2v) is 6.08. The lowest BCUT2D eigenvalue weighted by atomic mass is 10.1. The highest BCUT2D eigenvalue weighted by Gasteiger charge is 2.21. The molecule has 2 unspecified atom stereocenters. The normalized spacial score (nSPS) is 22.5. The SMILES string of the molecule is CCCNc1cc(NC2CCC(C)C2)nc(SC)n1. The van der Waals surface area contributed by atoms with E-state index < -0.39 is 0 Å². The molecule has 2 rings (SSSR count). The molecule has 1 aliphatic carbocycles. The van der Waals surface area contributed by atoms with E-state index in [1.165, 1.54) is 19.3 Å². The van der Waals surface area contributed by atoms with Crippen molar-refractivity contribution in [2.75, 3.05) is 23.4 Å². The third-order valence-corrected chi connectivity index (χ3v) is 4.04. The number of hydrogen-bond donors (Lipinski definition) is 2. The van der Waals surface area contributed by atoms with Crippen LogP contribution >= 0.6 is 11.8 Å². The highest BCUT2D eigenvalue weighted by molar-refractivity contribution is 7.98. The Kier molecular flexibility index (Phi) is 5.31. The molecule has 2 N–H and O–H groups in total. The molecule has 0 bridgehead atoms. The van der Waals surface area contributed by atoms with E-state index in [1.54, 1.807) is 11.8 Å². The summed E-state index contributed by atoms with van der Waals surface area (Å²) in [5.74, 6) is 2.71. The number of thioether (sulfide) groups is 1. The van der Waals surface area contributed by atoms with Crippen molar-refractivity contribution in [2.45, 2.75) is 50.7 Å². The van der Waals surface area contributed by atoms with E-state index in [9.17, 15) is 0 Å². The van der Waals surface area contributed by atoms with Crippen LogP contribution in [0.2, 0.25) is 0 Å². The summed E-state index contributed by atoms with van der Waals surface area (Å²) in [7, 11) is 0. The predicted octanol–water partition coefficient (Wildman–Crippen LogP) is 3.62. The van der Waals surface area contributed by atoms with Gasteiger partial charge in [0.2, 0.25) is 0 Å². The van der Waals surface area contributed by atoms with Crippen molar-refractivity contribution >= 4 is 23.4 Å². The van der Waals surface area contributed by atoms with Gasteiger partial charge >= 0.3 is 0 Å². The zero-order valence-corrected chi connectivity index (χ0v) is 12.9. The van der Waals surface area contributed by atoms with Gasteiger partial charge in [-0.3, -0.25) is 0 Å². The van der Waals surface area contributed by atoms with Crippen LogP contribution in [0.5, 0.6) is 0 Å². The fraction of sp³-hybridized carbons (Fsp3) is 0.714. The van der Waals surface area contributed by atoms with Gasteiger partial charge in [-0.1, -0.05) is 25.6 Å². The quantitative estimate of drug-likeness (QED) is 0.615. The highest BCUT2D eigenvalue weighted by atomic mass is 32.2. The van der Waals surface area contributed by atoms with Crippen molar-refractivity contribution in [3.8, 4) is 0 Å². The molecule has 0 saturated heterocycles. The maximum absolute atomic E-state index is 4.55. The van der Waals surface area contributed by atoms with Crippen LogP contribution in [-0.2, 0) is 0 Å². The first kappa shape index (κ1) is 14.4.